The molecule has 0 amide bonds. The maximum absolute atomic E-state index is 5.47. The van der Waals surface area contributed by atoms with Gasteiger partial charge in [0.05, 0.1) is 5.69 Å². The van der Waals surface area contributed by atoms with Crippen molar-refractivity contribution >= 4 is 6.01 Å². The summed E-state index contributed by atoms with van der Waals surface area (Å²) in [6, 6.07) is 0.275. The minimum Gasteiger partial charge on any atom is -0.428 e. The summed E-state index contributed by atoms with van der Waals surface area (Å²) in [4.78, 5) is 4.11. The second-order valence-electron chi connectivity index (χ2n) is 3.93. The molecule has 1 aromatic heterocycles. The maximum Gasteiger partial charge on any atom is 0.292 e. The van der Waals surface area contributed by atoms with Gasteiger partial charge < -0.3 is 10.2 Å². The van der Waals surface area contributed by atoms with Crippen molar-refractivity contribution < 1.29 is 4.42 Å². The van der Waals surface area contributed by atoms with Crippen LogP contribution in [-0.4, -0.2) is 4.98 Å². The lowest BCUT2D eigenvalue weighted by atomic mass is 9.91. The zero-order valence-corrected chi connectivity index (χ0v) is 8.14. The molecule has 0 aliphatic rings. The van der Waals surface area contributed by atoms with Crippen molar-refractivity contribution in [2.45, 2.75) is 39.5 Å². The van der Waals surface area contributed by atoms with Crippen LogP contribution in [0.1, 0.15) is 39.1 Å². The minimum absolute atomic E-state index is 0.00400. The molecule has 0 unspecified atom stereocenters. The highest BCUT2D eigenvalue weighted by molar-refractivity contribution is 5.24. The van der Waals surface area contributed by atoms with E-state index in [9.17, 15) is 0 Å². The van der Waals surface area contributed by atoms with Crippen LogP contribution in [0.25, 0.3) is 0 Å². The van der Waals surface area contributed by atoms with Crippen LogP contribution in [0.4, 0.5) is 6.01 Å². The quantitative estimate of drug-likeness (QED) is 0.698. The highest BCUT2D eigenvalue weighted by atomic mass is 16.4. The summed E-state index contributed by atoms with van der Waals surface area (Å²) >= 11 is 0. The molecule has 2 N–H and O–H groups in total. The standard InChI is InChI=1S/C9H16N2O/c1-5-6-7(9(2,3)4)12-8(10)11-6/h5H2,1-4H3,(H2,10,11). The molecule has 1 heterocycles. The summed E-state index contributed by atoms with van der Waals surface area (Å²) in [5, 5.41) is 0. The van der Waals surface area contributed by atoms with Crippen molar-refractivity contribution in [1.29, 1.82) is 0 Å². The van der Waals surface area contributed by atoms with E-state index in [4.69, 9.17) is 10.2 Å². The number of nitrogens with zero attached hydrogens (tertiary/aromatic N) is 1. The Morgan fingerprint density at radius 3 is 2.33 bits per heavy atom. The van der Waals surface area contributed by atoms with Crippen LogP contribution in [-0.2, 0) is 11.8 Å². The van der Waals surface area contributed by atoms with Crippen molar-refractivity contribution in [2.75, 3.05) is 5.73 Å². The third kappa shape index (κ3) is 1.60. The Balaban J connectivity index is 3.13. The van der Waals surface area contributed by atoms with Crippen LogP contribution in [0.3, 0.4) is 0 Å². The third-order valence-corrected chi connectivity index (χ3v) is 1.73. The van der Waals surface area contributed by atoms with Crippen molar-refractivity contribution in [3.05, 3.63) is 11.5 Å². The molecule has 0 fully saturated rings. The van der Waals surface area contributed by atoms with E-state index < -0.39 is 0 Å². The van der Waals surface area contributed by atoms with Crippen molar-refractivity contribution in [1.82, 2.24) is 4.98 Å². The molecule has 0 aromatic carbocycles. The van der Waals surface area contributed by atoms with E-state index >= 15 is 0 Å². The zero-order chi connectivity index (χ0) is 9.35. The number of hydrogen-bond acceptors (Lipinski definition) is 3. The molecule has 3 nitrogen and oxygen atoms in total. The highest BCUT2D eigenvalue weighted by Gasteiger charge is 2.23. The van der Waals surface area contributed by atoms with E-state index in [0.717, 1.165) is 17.9 Å². The lowest BCUT2D eigenvalue weighted by Gasteiger charge is -2.15. The van der Waals surface area contributed by atoms with Gasteiger partial charge in [0.25, 0.3) is 6.01 Å². The topological polar surface area (TPSA) is 52.0 Å². The zero-order valence-electron chi connectivity index (χ0n) is 8.14. The number of anilines is 1. The van der Waals surface area contributed by atoms with Gasteiger partial charge in [-0.2, -0.15) is 4.98 Å². The lowest BCUT2D eigenvalue weighted by Crippen LogP contribution is -2.12. The Morgan fingerprint density at radius 1 is 1.42 bits per heavy atom. The third-order valence-electron chi connectivity index (χ3n) is 1.73. The first-order valence-corrected chi connectivity index (χ1v) is 4.20. The molecular formula is C9H16N2O. The fourth-order valence-corrected chi connectivity index (χ4v) is 1.20. The summed E-state index contributed by atoms with van der Waals surface area (Å²) in [6.45, 7) is 8.32. The number of aromatic nitrogens is 1. The Kier molecular flexibility index (Phi) is 2.13. The van der Waals surface area contributed by atoms with Gasteiger partial charge in [0.15, 0.2) is 0 Å². The fraction of sp³-hybridized carbons (Fsp3) is 0.667. The van der Waals surface area contributed by atoms with Gasteiger partial charge in [-0.15, -0.1) is 0 Å². The van der Waals surface area contributed by atoms with Crippen LogP contribution < -0.4 is 5.73 Å². The molecule has 0 radical (unpaired) electrons. The van der Waals surface area contributed by atoms with Crippen molar-refractivity contribution in [3.63, 3.8) is 0 Å². The van der Waals surface area contributed by atoms with Gasteiger partial charge in [0.1, 0.15) is 5.76 Å². The lowest BCUT2D eigenvalue weighted by molar-refractivity contribution is 0.414. The van der Waals surface area contributed by atoms with E-state index in [1.54, 1.807) is 0 Å². The van der Waals surface area contributed by atoms with Gasteiger partial charge in [-0.3, -0.25) is 0 Å². The predicted molar refractivity (Wildman–Crippen MR) is 49.0 cm³/mol. The summed E-state index contributed by atoms with van der Waals surface area (Å²) < 4.78 is 5.34. The molecule has 0 saturated heterocycles. The van der Waals surface area contributed by atoms with E-state index in [-0.39, 0.29) is 11.4 Å². The molecule has 0 spiro atoms. The first-order chi connectivity index (χ1) is 5.45. The van der Waals surface area contributed by atoms with E-state index in [1.807, 2.05) is 6.92 Å². The second-order valence-corrected chi connectivity index (χ2v) is 3.93. The van der Waals surface area contributed by atoms with Gasteiger partial charge in [-0.05, 0) is 6.42 Å². The van der Waals surface area contributed by atoms with Gasteiger partial charge in [-0.25, -0.2) is 0 Å². The van der Waals surface area contributed by atoms with Gasteiger partial charge in [0.2, 0.25) is 0 Å². The number of oxazole rings is 1. The maximum atomic E-state index is 5.47. The molecule has 68 valence electrons. The molecule has 0 atom stereocenters. The Morgan fingerprint density at radius 2 is 2.00 bits per heavy atom. The summed E-state index contributed by atoms with van der Waals surface area (Å²) in [5.41, 5.74) is 6.44. The van der Waals surface area contributed by atoms with Gasteiger partial charge in [0, 0.05) is 5.41 Å². The monoisotopic (exact) mass is 168 g/mol. The van der Waals surface area contributed by atoms with Crippen LogP contribution in [0, 0.1) is 0 Å². The molecule has 1 rings (SSSR count). The smallest absolute Gasteiger partial charge is 0.292 e. The average Bonchev–Trinajstić information content (AvgIpc) is 2.29. The predicted octanol–water partition coefficient (Wildman–Crippen LogP) is 2.12. The van der Waals surface area contributed by atoms with Crippen molar-refractivity contribution in [2.24, 2.45) is 0 Å². The molecule has 0 bridgehead atoms. The SMILES string of the molecule is CCc1nc(N)oc1C(C)(C)C. The first-order valence-electron chi connectivity index (χ1n) is 4.20. The molecule has 0 saturated carbocycles. The summed E-state index contributed by atoms with van der Waals surface area (Å²) in [6.07, 6.45) is 0.868. The van der Waals surface area contributed by atoms with Crippen LogP contribution in [0.15, 0.2) is 4.42 Å². The number of nitrogens with two attached hydrogens (primary N) is 1. The summed E-state index contributed by atoms with van der Waals surface area (Å²) in [5.74, 6) is 0.905. The number of hydrogen-bond donors (Lipinski definition) is 1. The van der Waals surface area contributed by atoms with Gasteiger partial charge >= 0.3 is 0 Å². The Bertz CT molecular complexity index is 271. The van der Waals surface area contributed by atoms with E-state index in [0.29, 0.717) is 0 Å². The number of nitrogen functional groups attached to an aromatic ring is 1. The van der Waals surface area contributed by atoms with Crippen molar-refractivity contribution in [3.8, 4) is 0 Å². The highest BCUT2D eigenvalue weighted by Crippen LogP contribution is 2.27. The van der Waals surface area contributed by atoms with Crippen LogP contribution in [0.5, 0.6) is 0 Å². The molecule has 1 aromatic rings. The number of aryl methyl sites for hydroxylation is 1. The van der Waals surface area contributed by atoms with Crippen LogP contribution >= 0.6 is 0 Å². The van der Waals surface area contributed by atoms with Crippen LogP contribution in [0.2, 0.25) is 0 Å². The molecule has 0 aliphatic heterocycles. The normalized spacial score (nSPS) is 12.0. The van der Waals surface area contributed by atoms with E-state index in [1.165, 1.54) is 0 Å². The molecule has 0 aliphatic carbocycles. The largest absolute Gasteiger partial charge is 0.428 e. The molecule has 12 heavy (non-hydrogen) atoms. The average molecular weight is 168 g/mol. The molecule has 3 heteroatoms. The summed E-state index contributed by atoms with van der Waals surface area (Å²) in [7, 11) is 0. The first kappa shape index (κ1) is 9.10. The fourth-order valence-electron chi connectivity index (χ4n) is 1.20. The molecular weight excluding hydrogens is 152 g/mol. The number of rotatable bonds is 1. The Labute approximate surface area is 73.0 Å². The van der Waals surface area contributed by atoms with Gasteiger partial charge in [-0.1, -0.05) is 27.7 Å². The Hall–Kier alpha value is -0.990. The second kappa shape index (κ2) is 2.81. The minimum atomic E-state index is -0.00400. The van der Waals surface area contributed by atoms with E-state index in [2.05, 4.69) is 25.8 Å².